The van der Waals surface area contributed by atoms with Crippen LogP contribution in [0.1, 0.15) is 25.7 Å². The molecule has 2 aliphatic heterocycles. The minimum atomic E-state index is 0.464. The SMILES string of the molecule is C1CNC[C@@H](OCC2CCOCC2)C1. The van der Waals surface area contributed by atoms with Crippen molar-refractivity contribution in [1.82, 2.24) is 5.32 Å². The lowest BCUT2D eigenvalue weighted by molar-refractivity contribution is -0.0179. The van der Waals surface area contributed by atoms with E-state index in [4.69, 9.17) is 9.47 Å². The van der Waals surface area contributed by atoms with Crippen molar-refractivity contribution in [1.29, 1.82) is 0 Å². The fourth-order valence-corrected chi connectivity index (χ4v) is 2.15. The number of rotatable bonds is 3. The maximum Gasteiger partial charge on any atom is 0.0700 e. The Morgan fingerprint density at radius 3 is 2.79 bits per heavy atom. The average Bonchev–Trinajstić information content (AvgIpc) is 2.29. The topological polar surface area (TPSA) is 30.5 Å². The molecule has 0 aromatic rings. The summed E-state index contributed by atoms with van der Waals surface area (Å²) in [4.78, 5) is 0. The molecule has 2 saturated heterocycles. The normalized spacial score (nSPS) is 30.4. The van der Waals surface area contributed by atoms with Crippen LogP contribution in [0.5, 0.6) is 0 Å². The monoisotopic (exact) mass is 199 g/mol. The summed E-state index contributed by atoms with van der Waals surface area (Å²) >= 11 is 0. The number of piperidine rings is 1. The molecule has 0 aliphatic carbocycles. The first-order chi connectivity index (χ1) is 6.95. The van der Waals surface area contributed by atoms with Crippen molar-refractivity contribution in [3.8, 4) is 0 Å². The van der Waals surface area contributed by atoms with Gasteiger partial charge in [0.05, 0.1) is 6.10 Å². The molecule has 3 nitrogen and oxygen atoms in total. The molecule has 0 saturated carbocycles. The maximum atomic E-state index is 5.90. The zero-order valence-electron chi connectivity index (χ0n) is 8.84. The third-order valence-electron chi connectivity index (χ3n) is 3.16. The molecule has 2 heterocycles. The van der Waals surface area contributed by atoms with Gasteiger partial charge in [0.15, 0.2) is 0 Å². The van der Waals surface area contributed by atoms with Gasteiger partial charge in [0.1, 0.15) is 0 Å². The van der Waals surface area contributed by atoms with Crippen LogP contribution in [-0.4, -0.2) is 39.0 Å². The second-order valence-electron chi connectivity index (χ2n) is 4.36. The van der Waals surface area contributed by atoms with Gasteiger partial charge in [-0.15, -0.1) is 0 Å². The molecule has 1 atom stereocenters. The van der Waals surface area contributed by atoms with Crippen molar-refractivity contribution < 1.29 is 9.47 Å². The Balaban J connectivity index is 1.60. The van der Waals surface area contributed by atoms with E-state index in [1.807, 2.05) is 0 Å². The van der Waals surface area contributed by atoms with Crippen molar-refractivity contribution in [2.75, 3.05) is 32.9 Å². The molecule has 82 valence electrons. The van der Waals surface area contributed by atoms with Crippen molar-refractivity contribution in [2.45, 2.75) is 31.8 Å². The zero-order chi connectivity index (χ0) is 9.64. The van der Waals surface area contributed by atoms with E-state index in [2.05, 4.69) is 5.32 Å². The van der Waals surface area contributed by atoms with Crippen LogP contribution in [-0.2, 0) is 9.47 Å². The summed E-state index contributed by atoms with van der Waals surface area (Å²) in [6.07, 6.45) is 5.32. The highest BCUT2D eigenvalue weighted by atomic mass is 16.5. The van der Waals surface area contributed by atoms with Crippen molar-refractivity contribution in [3.63, 3.8) is 0 Å². The van der Waals surface area contributed by atoms with E-state index < -0.39 is 0 Å². The second-order valence-corrected chi connectivity index (χ2v) is 4.36. The third-order valence-corrected chi connectivity index (χ3v) is 3.16. The summed E-state index contributed by atoms with van der Waals surface area (Å²) in [7, 11) is 0. The van der Waals surface area contributed by atoms with Gasteiger partial charge in [0.2, 0.25) is 0 Å². The van der Waals surface area contributed by atoms with Crippen molar-refractivity contribution in [2.24, 2.45) is 5.92 Å². The molecule has 1 N–H and O–H groups in total. The third kappa shape index (κ3) is 3.23. The summed E-state index contributed by atoms with van der Waals surface area (Å²) in [5.74, 6) is 0.741. The molecular formula is C11H21NO2. The minimum absolute atomic E-state index is 0.464. The fourth-order valence-electron chi connectivity index (χ4n) is 2.15. The molecule has 2 fully saturated rings. The number of hydrogen-bond donors (Lipinski definition) is 1. The number of hydrogen-bond acceptors (Lipinski definition) is 3. The summed E-state index contributed by atoms with van der Waals surface area (Å²) in [5, 5.41) is 3.37. The highest BCUT2D eigenvalue weighted by molar-refractivity contribution is 4.70. The first-order valence-corrected chi connectivity index (χ1v) is 5.85. The van der Waals surface area contributed by atoms with Crippen LogP contribution < -0.4 is 5.32 Å². The van der Waals surface area contributed by atoms with Gasteiger partial charge >= 0.3 is 0 Å². The van der Waals surface area contributed by atoms with Gasteiger partial charge in [0.25, 0.3) is 0 Å². The van der Waals surface area contributed by atoms with Crippen LogP contribution in [0.2, 0.25) is 0 Å². The highest BCUT2D eigenvalue weighted by Gasteiger charge is 2.18. The molecule has 2 aliphatic rings. The molecule has 0 bridgehead atoms. The molecule has 0 unspecified atom stereocenters. The quantitative estimate of drug-likeness (QED) is 0.740. The molecule has 0 radical (unpaired) electrons. The summed E-state index contributed by atoms with van der Waals surface area (Å²) in [6.45, 7) is 5.00. The zero-order valence-corrected chi connectivity index (χ0v) is 8.84. The van der Waals surface area contributed by atoms with Gasteiger partial charge in [-0.05, 0) is 38.1 Å². The van der Waals surface area contributed by atoms with Crippen LogP contribution in [0.3, 0.4) is 0 Å². The molecule has 0 amide bonds. The van der Waals surface area contributed by atoms with Crippen LogP contribution in [0, 0.1) is 5.92 Å². The molecule has 0 spiro atoms. The molecule has 0 aromatic carbocycles. The van der Waals surface area contributed by atoms with E-state index >= 15 is 0 Å². The lowest BCUT2D eigenvalue weighted by atomic mass is 10.0. The Kier molecular flexibility index (Phi) is 4.22. The van der Waals surface area contributed by atoms with Gasteiger partial charge in [0, 0.05) is 26.4 Å². The van der Waals surface area contributed by atoms with Crippen LogP contribution in [0.4, 0.5) is 0 Å². The Labute approximate surface area is 86.2 Å². The second kappa shape index (κ2) is 5.69. The smallest absolute Gasteiger partial charge is 0.0700 e. The number of ether oxygens (including phenoxy) is 2. The predicted molar refractivity (Wildman–Crippen MR) is 55.4 cm³/mol. The standard InChI is InChI=1S/C11H21NO2/c1-2-11(8-12-5-1)14-9-10-3-6-13-7-4-10/h10-12H,1-9H2/t11-/m0/s1. The minimum Gasteiger partial charge on any atom is -0.381 e. The number of nitrogens with one attached hydrogen (secondary N) is 1. The summed E-state index contributed by atoms with van der Waals surface area (Å²) in [5.41, 5.74) is 0. The molecule has 14 heavy (non-hydrogen) atoms. The van der Waals surface area contributed by atoms with Gasteiger partial charge in [-0.1, -0.05) is 0 Å². The molecular weight excluding hydrogens is 178 g/mol. The van der Waals surface area contributed by atoms with Crippen LogP contribution in [0.15, 0.2) is 0 Å². The van der Waals surface area contributed by atoms with Gasteiger partial charge in [-0.3, -0.25) is 0 Å². The maximum absolute atomic E-state index is 5.90. The predicted octanol–water partition coefficient (Wildman–Crippen LogP) is 1.18. The lowest BCUT2D eigenvalue weighted by Gasteiger charge is -2.27. The fraction of sp³-hybridized carbons (Fsp3) is 1.00. The van der Waals surface area contributed by atoms with E-state index in [-0.39, 0.29) is 0 Å². The van der Waals surface area contributed by atoms with E-state index in [1.165, 1.54) is 25.7 Å². The first kappa shape index (κ1) is 10.4. The van der Waals surface area contributed by atoms with Crippen molar-refractivity contribution >= 4 is 0 Å². The lowest BCUT2D eigenvalue weighted by Crippen LogP contribution is -2.36. The van der Waals surface area contributed by atoms with Gasteiger partial charge in [-0.2, -0.15) is 0 Å². The van der Waals surface area contributed by atoms with Gasteiger partial charge < -0.3 is 14.8 Å². The largest absolute Gasteiger partial charge is 0.381 e. The van der Waals surface area contributed by atoms with E-state index in [1.54, 1.807) is 0 Å². The van der Waals surface area contributed by atoms with E-state index in [0.717, 1.165) is 38.8 Å². The first-order valence-electron chi connectivity index (χ1n) is 5.85. The van der Waals surface area contributed by atoms with Crippen LogP contribution >= 0.6 is 0 Å². The van der Waals surface area contributed by atoms with E-state index in [9.17, 15) is 0 Å². The Bertz CT molecular complexity index is 133. The summed E-state index contributed by atoms with van der Waals surface area (Å²) in [6, 6.07) is 0. The van der Waals surface area contributed by atoms with Crippen molar-refractivity contribution in [3.05, 3.63) is 0 Å². The Morgan fingerprint density at radius 1 is 1.21 bits per heavy atom. The highest BCUT2D eigenvalue weighted by Crippen LogP contribution is 2.16. The van der Waals surface area contributed by atoms with Crippen LogP contribution in [0.25, 0.3) is 0 Å². The molecule has 0 aromatic heterocycles. The molecule has 3 heteroatoms. The Morgan fingerprint density at radius 2 is 2.07 bits per heavy atom. The Hall–Kier alpha value is -0.120. The summed E-state index contributed by atoms with van der Waals surface area (Å²) < 4.78 is 11.2. The molecule has 2 rings (SSSR count). The van der Waals surface area contributed by atoms with Gasteiger partial charge in [-0.25, -0.2) is 0 Å². The average molecular weight is 199 g/mol. The van der Waals surface area contributed by atoms with E-state index in [0.29, 0.717) is 6.10 Å².